The van der Waals surface area contributed by atoms with Gasteiger partial charge in [0.1, 0.15) is 13.2 Å². The minimum Gasteiger partial charge on any atom is -0.462 e. The summed E-state index contributed by atoms with van der Waals surface area (Å²) >= 11 is 0. The lowest BCUT2D eigenvalue weighted by Crippen LogP contribution is -2.30. The highest BCUT2D eigenvalue weighted by molar-refractivity contribution is 5.71. The van der Waals surface area contributed by atoms with Crippen molar-refractivity contribution >= 4 is 17.9 Å². The van der Waals surface area contributed by atoms with Crippen molar-refractivity contribution < 1.29 is 28.6 Å². The summed E-state index contributed by atoms with van der Waals surface area (Å²) in [5, 5.41) is 0. The second kappa shape index (κ2) is 45.9. The van der Waals surface area contributed by atoms with E-state index >= 15 is 0 Å². The molecule has 0 aliphatic heterocycles. The molecular weight excluding hydrogens is 733 g/mol. The summed E-state index contributed by atoms with van der Waals surface area (Å²) in [6.07, 6.45) is 46.6. The first kappa shape index (κ1) is 57.4. The van der Waals surface area contributed by atoms with E-state index in [1.54, 1.807) is 0 Å². The zero-order chi connectivity index (χ0) is 43.3. The second-order valence-electron chi connectivity index (χ2n) is 18.9. The van der Waals surface area contributed by atoms with Crippen LogP contribution in [0.2, 0.25) is 0 Å². The van der Waals surface area contributed by atoms with Crippen molar-refractivity contribution in [2.45, 2.75) is 298 Å². The van der Waals surface area contributed by atoms with Crippen molar-refractivity contribution in [1.82, 2.24) is 0 Å². The van der Waals surface area contributed by atoms with Gasteiger partial charge < -0.3 is 14.2 Å². The van der Waals surface area contributed by atoms with Gasteiger partial charge in [-0.05, 0) is 31.1 Å². The monoisotopic (exact) mass is 835 g/mol. The maximum atomic E-state index is 12.7. The molecule has 2 atom stereocenters. The van der Waals surface area contributed by atoms with Crippen molar-refractivity contribution in [3.8, 4) is 0 Å². The van der Waals surface area contributed by atoms with Crippen LogP contribution in [0.25, 0.3) is 0 Å². The molecule has 59 heavy (non-hydrogen) atoms. The van der Waals surface area contributed by atoms with Crippen LogP contribution in [0.15, 0.2) is 0 Å². The molecular formula is C53H102O6. The van der Waals surface area contributed by atoms with E-state index in [-0.39, 0.29) is 31.1 Å². The summed E-state index contributed by atoms with van der Waals surface area (Å²) in [5.74, 6) is 0.785. The van der Waals surface area contributed by atoms with Gasteiger partial charge in [-0.15, -0.1) is 0 Å². The van der Waals surface area contributed by atoms with Gasteiger partial charge in [0.2, 0.25) is 0 Å². The maximum absolute atomic E-state index is 12.7. The number of hydrogen-bond acceptors (Lipinski definition) is 6. The van der Waals surface area contributed by atoms with E-state index in [4.69, 9.17) is 14.2 Å². The third kappa shape index (κ3) is 45.8. The van der Waals surface area contributed by atoms with E-state index in [1.165, 1.54) is 180 Å². The third-order valence-electron chi connectivity index (χ3n) is 12.3. The number of carbonyl (C=O) groups excluding carboxylic acids is 3. The summed E-state index contributed by atoms with van der Waals surface area (Å²) in [6.45, 7) is 11.3. The topological polar surface area (TPSA) is 78.9 Å². The molecule has 0 fully saturated rings. The molecule has 0 aromatic heterocycles. The standard InChI is InChI=1S/C53H102O6/c1-6-8-9-10-11-12-13-14-15-16-17-18-21-24-27-33-38-43-51(54)57-46-50(59-53(56)45-40-35-30-29-32-37-42-49(5)7-2)47-58-52(55)44-39-34-28-25-22-19-20-23-26-31-36-41-48(3)4/h48-50H,6-47H2,1-5H3/t49?,50-/m0/s1. The van der Waals surface area contributed by atoms with Gasteiger partial charge in [0, 0.05) is 19.3 Å². The molecule has 0 spiro atoms. The van der Waals surface area contributed by atoms with Gasteiger partial charge in [0.25, 0.3) is 0 Å². The molecule has 0 aromatic rings. The van der Waals surface area contributed by atoms with Gasteiger partial charge in [-0.2, -0.15) is 0 Å². The minimum atomic E-state index is -0.762. The summed E-state index contributed by atoms with van der Waals surface area (Å²) in [6, 6.07) is 0. The van der Waals surface area contributed by atoms with Crippen LogP contribution < -0.4 is 0 Å². The second-order valence-corrected chi connectivity index (χ2v) is 18.9. The van der Waals surface area contributed by atoms with Crippen LogP contribution in [0.3, 0.4) is 0 Å². The number of rotatable bonds is 47. The molecule has 0 bridgehead atoms. The first-order chi connectivity index (χ1) is 28.8. The fraction of sp³-hybridized carbons (Fsp3) is 0.943. The summed E-state index contributed by atoms with van der Waals surface area (Å²) in [5.41, 5.74) is 0. The van der Waals surface area contributed by atoms with Crippen LogP contribution in [0.4, 0.5) is 0 Å². The predicted octanol–water partition coefficient (Wildman–Crippen LogP) is 16.9. The highest BCUT2D eigenvalue weighted by Crippen LogP contribution is 2.18. The summed E-state index contributed by atoms with van der Waals surface area (Å²) < 4.78 is 16.8. The highest BCUT2D eigenvalue weighted by Gasteiger charge is 2.19. The first-order valence-electron chi connectivity index (χ1n) is 26.3. The Morgan fingerprint density at radius 3 is 0.966 bits per heavy atom. The smallest absolute Gasteiger partial charge is 0.306 e. The lowest BCUT2D eigenvalue weighted by atomic mass is 10.00. The normalized spacial score (nSPS) is 12.5. The first-order valence-corrected chi connectivity index (χ1v) is 26.3. The Morgan fingerprint density at radius 2 is 0.644 bits per heavy atom. The molecule has 0 heterocycles. The Bertz CT molecular complexity index is 902. The molecule has 0 saturated heterocycles. The van der Waals surface area contributed by atoms with Crippen LogP contribution >= 0.6 is 0 Å². The van der Waals surface area contributed by atoms with Crippen LogP contribution in [0.1, 0.15) is 291 Å². The highest BCUT2D eigenvalue weighted by atomic mass is 16.6. The van der Waals surface area contributed by atoms with Crippen LogP contribution in [0, 0.1) is 11.8 Å². The van der Waals surface area contributed by atoms with E-state index in [0.29, 0.717) is 19.3 Å². The van der Waals surface area contributed by atoms with E-state index < -0.39 is 6.10 Å². The Balaban J connectivity index is 4.26. The van der Waals surface area contributed by atoms with Crippen molar-refractivity contribution in [3.63, 3.8) is 0 Å². The van der Waals surface area contributed by atoms with Crippen LogP contribution in [-0.2, 0) is 28.6 Å². The summed E-state index contributed by atoms with van der Waals surface area (Å²) in [7, 11) is 0. The van der Waals surface area contributed by atoms with Gasteiger partial charge in [-0.3, -0.25) is 14.4 Å². The zero-order valence-electron chi connectivity index (χ0n) is 40.4. The lowest BCUT2D eigenvalue weighted by Gasteiger charge is -2.18. The molecule has 0 aromatic carbocycles. The Hall–Kier alpha value is -1.59. The van der Waals surface area contributed by atoms with Gasteiger partial charge in [-0.25, -0.2) is 0 Å². The molecule has 0 saturated carbocycles. The van der Waals surface area contributed by atoms with E-state index in [1.807, 2.05) is 0 Å². The number of hydrogen-bond donors (Lipinski definition) is 0. The molecule has 0 amide bonds. The Kier molecular flexibility index (Phi) is 44.7. The largest absolute Gasteiger partial charge is 0.462 e. The van der Waals surface area contributed by atoms with Crippen LogP contribution in [0.5, 0.6) is 0 Å². The average Bonchev–Trinajstić information content (AvgIpc) is 3.22. The van der Waals surface area contributed by atoms with Gasteiger partial charge in [-0.1, -0.05) is 253 Å². The predicted molar refractivity (Wildman–Crippen MR) is 252 cm³/mol. The molecule has 0 N–H and O–H groups in total. The molecule has 6 nitrogen and oxygen atoms in total. The number of ether oxygens (including phenoxy) is 3. The van der Waals surface area contributed by atoms with Gasteiger partial charge >= 0.3 is 17.9 Å². The number of carbonyl (C=O) groups is 3. The Morgan fingerprint density at radius 1 is 0.356 bits per heavy atom. The molecule has 0 radical (unpaired) electrons. The molecule has 0 aliphatic carbocycles. The van der Waals surface area contributed by atoms with Crippen molar-refractivity contribution in [1.29, 1.82) is 0 Å². The van der Waals surface area contributed by atoms with E-state index in [0.717, 1.165) is 69.6 Å². The molecule has 0 aliphatic rings. The van der Waals surface area contributed by atoms with E-state index in [9.17, 15) is 14.4 Å². The lowest BCUT2D eigenvalue weighted by molar-refractivity contribution is -0.167. The van der Waals surface area contributed by atoms with Gasteiger partial charge in [0.15, 0.2) is 6.10 Å². The maximum Gasteiger partial charge on any atom is 0.306 e. The van der Waals surface area contributed by atoms with E-state index in [2.05, 4.69) is 34.6 Å². The Labute approximate surface area is 368 Å². The van der Waals surface area contributed by atoms with Crippen molar-refractivity contribution in [2.24, 2.45) is 11.8 Å². The van der Waals surface area contributed by atoms with Crippen molar-refractivity contribution in [2.75, 3.05) is 13.2 Å². The van der Waals surface area contributed by atoms with Crippen molar-refractivity contribution in [3.05, 3.63) is 0 Å². The molecule has 1 unspecified atom stereocenters. The molecule has 0 rings (SSSR count). The fourth-order valence-electron chi connectivity index (χ4n) is 7.96. The van der Waals surface area contributed by atoms with Crippen LogP contribution in [-0.4, -0.2) is 37.2 Å². The summed E-state index contributed by atoms with van der Waals surface area (Å²) in [4.78, 5) is 37.9. The number of esters is 3. The average molecular weight is 835 g/mol. The number of unbranched alkanes of at least 4 members (excludes halogenated alkanes) is 31. The zero-order valence-corrected chi connectivity index (χ0v) is 40.4. The molecule has 6 heteroatoms. The molecule has 350 valence electrons. The fourth-order valence-corrected chi connectivity index (χ4v) is 7.96. The van der Waals surface area contributed by atoms with Gasteiger partial charge in [0.05, 0.1) is 0 Å². The SMILES string of the molecule is CCCCCCCCCCCCCCCCCCCC(=O)OC[C@@H](COC(=O)CCCCCCCCCCCCCC(C)C)OC(=O)CCCCCCCCC(C)CC. The minimum absolute atomic E-state index is 0.0645. The third-order valence-corrected chi connectivity index (χ3v) is 12.3. The quantitative estimate of drug-likeness (QED) is 0.0345.